The Labute approximate surface area is 226 Å². The highest BCUT2D eigenvalue weighted by molar-refractivity contribution is 5.99. The van der Waals surface area contributed by atoms with E-state index < -0.39 is 58.8 Å². The number of rotatable bonds is 5. The van der Waals surface area contributed by atoms with E-state index in [2.05, 4.69) is 15.2 Å². The number of halogens is 3. The van der Waals surface area contributed by atoms with Gasteiger partial charge in [-0.05, 0) is 37.7 Å². The Morgan fingerprint density at radius 3 is 2.73 bits per heavy atom. The highest BCUT2D eigenvalue weighted by Crippen LogP contribution is 2.47. The number of alkyl halides is 3. The predicted molar refractivity (Wildman–Crippen MR) is 135 cm³/mol. The monoisotopic (exact) mass is 558 g/mol. The summed E-state index contributed by atoms with van der Waals surface area (Å²) in [5.74, 6) is -2.38. The molecule has 3 aromatic rings. The van der Waals surface area contributed by atoms with E-state index in [4.69, 9.17) is 14.9 Å². The number of nitrogens with zero attached hydrogens (tertiary/aromatic N) is 5. The van der Waals surface area contributed by atoms with Gasteiger partial charge in [0.1, 0.15) is 5.82 Å². The van der Waals surface area contributed by atoms with Crippen LogP contribution in [0.3, 0.4) is 0 Å². The van der Waals surface area contributed by atoms with Crippen molar-refractivity contribution in [2.75, 3.05) is 11.4 Å². The number of ether oxygens (including phenoxy) is 1. The molecule has 210 valence electrons. The fraction of sp³-hybridized carbons (Fsp3) is 0.385. The largest absolute Gasteiger partial charge is 0.426 e. The van der Waals surface area contributed by atoms with E-state index in [0.717, 1.165) is 12.5 Å². The maximum Gasteiger partial charge on any atom is 0.426 e. The van der Waals surface area contributed by atoms with E-state index in [1.807, 2.05) is 4.90 Å². The number of primary amides is 1. The molecule has 0 spiro atoms. The number of amides is 1. The van der Waals surface area contributed by atoms with E-state index in [1.165, 1.54) is 0 Å². The van der Waals surface area contributed by atoms with Gasteiger partial charge in [-0.1, -0.05) is 42.5 Å². The molecule has 1 amide bonds. The molecular weight excluding hydrogens is 533 g/mol. The lowest BCUT2D eigenvalue weighted by Crippen LogP contribution is -2.45. The van der Waals surface area contributed by atoms with Crippen LogP contribution in [0.15, 0.2) is 53.0 Å². The summed E-state index contributed by atoms with van der Waals surface area (Å²) in [7, 11) is 0. The van der Waals surface area contributed by atoms with Crippen molar-refractivity contribution in [2.45, 2.75) is 56.5 Å². The third kappa shape index (κ3) is 5.01. The molecule has 2 aliphatic rings. The summed E-state index contributed by atoms with van der Waals surface area (Å²) in [4.78, 5) is 29.6. The number of fused-ring (bicyclic) bond motifs is 7. The lowest BCUT2D eigenvalue weighted by molar-refractivity contribution is -0.384. The van der Waals surface area contributed by atoms with Gasteiger partial charge in [0.15, 0.2) is 0 Å². The first kappa shape index (κ1) is 27.2. The van der Waals surface area contributed by atoms with Crippen LogP contribution in [0.2, 0.25) is 0 Å². The summed E-state index contributed by atoms with van der Waals surface area (Å²) >= 11 is 0. The highest BCUT2D eigenvalue weighted by atomic mass is 19.4. The van der Waals surface area contributed by atoms with E-state index in [-0.39, 0.29) is 23.8 Å². The Hall–Kier alpha value is -4.33. The third-order valence-corrected chi connectivity index (χ3v) is 7.09. The third-order valence-electron chi connectivity index (χ3n) is 7.09. The highest BCUT2D eigenvalue weighted by Gasteiger charge is 2.61. The number of nitrogens with two attached hydrogens (primary N) is 1. The number of hydrogen-bond donors (Lipinski definition) is 1. The Balaban J connectivity index is 1.69. The summed E-state index contributed by atoms with van der Waals surface area (Å²) in [5, 5.41) is 19.4. The molecule has 0 radical (unpaired) electrons. The van der Waals surface area contributed by atoms with Gasteiger partial charge in [0, 0.05) is 18.7 Å². The van der Waals surface area contributed by atoms with E-state index in [1.54, 1.807) is 42.5 Å². The molecule has 4 bridgehead atoms. The first-order valence-corrected chi connectivity index (χ1v) is 12.6. The standard InChI is InChI=1S/C26H25F3N6O5/c27-26(28,29)25(39-15-16-8-3-1-4-9-16)12-6-2-5-10-17-11-7-13-34(17)22-18(21(30)36)14-19(35(37)38)20(31-22)23-32-33-24(25)40-23/h1-5,8-9,14,17H,6-7,10-13,15H2,(H2,30,36)/b5-2-/t17-,25?/m1/s1. The van der Waals surface area contributed by atoms with Crippen molar-refractivity contribution in [3.8, 4) is 11.6 Å². The zero-order chi connectivity index (χ0) is 28.5. The molecule has 5 rings (SSSR count). The van der Waals surface area contributed by atoms with Crippen molar-refractivity contribution in [1.82, 2.24) is 15.2 Å². The lowest BCUT2D eigenvalue weighted by Gasteiger charge is -2.32. The molecule has 2 N–H and O–H groups in total. The first-order valence-electron chi connectivity index (χ1n) is 12.6. The molecule has 11 nitrogen and oxygen atoms in total. The summed E-state index contributed by atoms with van der Waals surface area (Å²) in [6.45, 7) is 0.0945. The molecule has 1 unspecified atom stereocenters. The Morgan fingerprint density at radius 2 is 2.02 bits per heavy atom. The van der Waals surface area contributed by atoms with Crippen LogP contribution in [0.25, 0.3) is 11.6 Å². The minimum absolute atomic E-state index is 0.0328. The number of anilines is 1. The average molecular weight is 559 g/mol. The molecule has 2 atom stereocenters. The van der Waals surface area contributed by atoms with E-state index in [9.17, 15) is 28.1 Å². The number of pyridine rings is 1. The van der Waals surface area contributed by atoms with Crippen molar-refractivity contribution >= 4 is 17.4 Å². The summed E-state index contributed by atoms with van der Waals surface area (Å²) in [6, 6.07) is 9.10. The molecule has 1 fully saturated rings. The van der Waals surface area contributed by atoms with Crippen molar-refractivity contribution in [3.05, 3.63) is 75.7 Å². The second-order valence-electron chi connectivity index (χ2n) is 9.60. The predicted octanol–water partition coefficient (Wildman–Crippen LogP) is 4.82. The molecule has 0 aliphatic carbocycles. The van der Waals surface area contributed by atoms with Gasteiger partial charge in [-0.25, -0.2) is 4.98 Å². The molecule has 0 saturated carbocycles. The number of hydrogen-bond acceptors (Lipinski definition) is 9. The van der Waals surface area contributed by atoms with Gasteiger partial charge in [0.2, 0.25) is 11.3 Å². The first-order chi connectivity index (χ1) is 19.1. The second-order valence-corrected chi connectivity index (χ2v) is 9.60. The lowest BCUT2D eigenvalue weighted by atomic mass is 9.95. The summed E-state index contributed by atoms with van der Waals surface area (Å²) < 4.78 is 55.5. The van der Waals surface area contributed by atoms with Gasteiger partial charge in [0.25, 0.3) is 17.7 Å². The van der Waals surface area contributed by atoms with Gasteiger partial charge in [-0.3, -0.25) is 14.9 Å². The normalized spacial score (nSPS) is 21.9. The SMILES string of the molecule is NC(=O)c1cc([N+](=O)[O-])c2nc1N1CCC[C@H]1C/C=C\CCC(OCc1ccccc1)(C(F)(F)F)c1nnc-2o1. The summed E-state index contributed by atoms with van der Waals surface area (Å²) in [6.07, 6.45) is -0.272. The minimum Gasteiger partial charge on any atom is -0.415 e. The molecule has 4 heterocycles. The van der Waals surface area contributed by atoms with Crippen LogP contribution in [0.1, 0.15) is 53.9 Å². The average Bonchev–Trinajstić information content (AvgIpc) is 3.59. The molecule has 40 heavy (non-hydrogen) atoms. The van der Waals surface area contributed by atoms with Gasteiger partial charge in [-0.2, -0.15) is 13.2 Å². The Morgan fingerprint density at radius 1 is 1.25 bits per heavy atom. The van der Waals surface area contributed by atoms with Gasteiger partial charge >= 0.3 is 11.9 Å². The fourth-order valence-electron chi connectivity index (χ4n) is 5.06. The van der Waals surface area contributed by atoms with E-state index >= 15 is 0 Å². The van der Waals surface area contributed by atoms with Crippen LogP contribution in [-0.2, 0) is 16.9 Å². The second kappa shape index (κ2) is 10.7. The molecular formula is C26H25F3N6O5. The van der Waals surface area contributed by atoms with Gasteiger partial charge < -0.3 is 19.8 Å². The number of carbonyl (C=O) groups excluding carboxylic acids is 1. The zero-order valence-corrected chi connectivity index (χ0v) is 21.1. The molecule has 14 heteroatoms. The van der Waals surface area contributed by atoms with E-state index in [0.29, 0.717) is 24.9 Å². The van der Waals surface area contributed by atoms with Gasteiger partial charge in [-0.15, -0.1) is 10.2 Å². The molecule has 2 aliphatic heterocycles. The van der Waals surface area contributed by atoms with Crippen LogP contribution < -0.4 is 10.6 Å². The zero-order valence-electron chi connectivity index (χ0n) is 21.1. The van der Waals surface area contributed by atoms with Crippen LogP contribution >= 0.6 is 0 Å². The number of nitro groups is 1. The molecule has 1 aromatic carbocycles. The minimum atomic E-state index is -4.99. The fourth-order valence-corrected chi connectivity index (χ4v) is 5.06. The Kier molecular flexibility index (Phi) is 7.27. The van der Waals surface area contributed by atoms with Crippen molar-refractivity contribution in [2.24, 2.45) is 5.73 Å². The Bertz CT molecular complexity index is 1440. The smallest absolute Gasteiger partial charge is 0.415 e. The maximum absolute atomic E-state index is 14.8. The molecule has 1 saturated heterocycles. The van der Waals surface area contributed by atoms with Crippen molar-refractivity contribution in [3.63, 3.8) is 0 Å². The van der Waals surface area contributed by atoms with Crippen molar-refractivity contribution < 1.29 is 32.0 Å². The quantitative estimate of drug-likeness (QED) is 0.264. The van der Waals surface area contributed by atoms with Crippen LogP contribution in [-0.4, -0.2) is 44.8 Å². The van der Waals surface area contributed by atoms with Crippen LogP contribution in [0.4, 0.5) is 24.7 Å². The van der Waals surface area contributed by atoms with Crippen molar-refractivity contribution in [1.29, 1.82) is 0 Å². The summed E-state index contributed by atoms with van der Waals surface area (Å²) in [5.41, 5.74) is 1.67. The number of benzene rings is 1. The van der Waals surface area contributed by atoms with Crippen LogP contribution in [0.5, 0.6) is 0 Å². The number of carbonyl (C=O) groups is 1. The molecule has 2 aromatic heterocycles. The van der Waals surface area contributed by atoms with Crippen LogP contribution in [0, 0.1) is 10.1 Å². The topological polar surface area (TPSA) is 151 Å². The van der Waals surface area contributed by atoms with Gasteiger partial charge in [0.05, 0.1) is 17.1 Å². The number of allylic oxidation sites excluding steroid dienone is 1. The maximum atomic E-state index is 14.8. The number of aromatic nitrogens is 3.